The number of carboxylic acids is 1. The zero-order valence-corrected chi connectivity index (χ0v) is 17.5. The lowest BCUT2D eigenvalue weighted by molar-refractivity contribution is -0.131. The largest absolute Gasteiger partial charge is 0.478 e. The molecule has 2 rings (SSSR count). The van der Waals surface area contributed by atoms with Crippen LogP contribution in [0.15, 0.2) is 41.8 Å². The molecule has 150 valence electrons. The van der Waals surface area contributed by atoms with Crippen molar-refractivity contribution in [2.75, 3.05) is 7.05 Å². The third-order valence-corrected chi connectivity index (χ3v) is 5.55. The van der Waals surface area contributed by atoms with Crippen LogP contribution in [-0.2, 0) is 16.1 Å². The second-order valence-electron chi connectivity index (χ2n) is 7.01. The molecule has 1 aromatic heterocycles. The number of nitrogens with zero attached hydrogens (tertiary/aromatic N) is 1. The highest BCUT2D eigenvalue weighted by molar-refractivity contribution is 7.10. The molecule has 0 saturated carbocycles. The summed E-state index contributed by atoms with van der Waals surface area (Å²) in [6.07, 6.45) is 9.13. The van der Waals surface area contributed by atoms with Gasteiger partial charge in [0.2, 0.25) is 5.91 Å². The van der Waals surface area contributed by atoms with Crippen molar-refractivity contribution in [3.63, 3.8) is 0 Å². The van der Waals surface area contributed by atoms with Crippen LogP contribution < -0.4 is 0 Å². The molecule has 4 nitrogen and oxygen atoms in total. The maximum atomic E-state index is 12.3. The number of hydrogen-bond donors (Lipinski definition) is 1. The van der Waals surface area contributed by atoms with Crippen LogP contribution in [0.2, 0.25) is 0 Å². The van der Waals surface area contributed by atoms with Gasteiger partial charge in [0.15, 0.2) is 0 Å². The van der Waals surface area contributed by atoms with Crippen LogP contribution in [0.3, 0.4) is 0 Å². The Morgan fingerprint density at radius 1 is 1.07 bits per heavy atom. The summed E-state index contributed by atoms with van der Waals surface area (Å²) in [5, 5.41) is 10.8. The smallest absolute Gasteiger partial charge is 0.328 e. The van der Waals surface area contributed by atoms with Gasteiger partial charge in [-0.2, -0.15) is 0 Å². The van der Waals surface area contributed by atoms with Crippen LogP contribution in [0.4, 0.5) is 0 Å². The molecule has 28 heavy (non-hydrogen) atoms. The van der Waals surface area contributed by atoms with Crippen molar-refractivity contribution in [1.82, 2.24) is 4.90 Å². The predicted molar refractivity (Wildman–Crippen MR) is 116 cm³/mol. The molecule has 5 heteroatoms. The minimum absolute atomic E-state index is 0.209. The first-order valence-corrected chi connectivity index (χ1v) is 10.7. The van der Waals surface area contributed by atoms with E-state index in [1.54, 1.807) is 17.4 Å². The van der Waals surface area contributed by atoms with Gasteiger partial charge in [-0.3, -0.25) is 4.79 Å². The Balaban J connectivity index is 1.87. The Morgan fingerprint density at radius 3 is 2.46 bits per heavy atom. The van der Waals surface area contributed by atoms with Crippen molar-refractivity contribution in [3.8, 4) is 11.1 Å². The first-order chi connectivity index (χ1) is 13.5. The Bertz CT molecular complexity index is 792. The Kier molecular flexibility index (Phi) is 8.95. The van der Waals surface area contributed by atoms with Crippen molar-refractivity contribution >= 4 is 29.3 Å². The third-order valence-electron chi connectivity index (χ3n) is 4.63. The van der Waals surface area contributed by atoms with Crippen LogP contribution in [0.1, 0.15) is 55.9 Å². The molecule has 1 heterocycles. The fourth-order valence-corrected chi connectivity index (χ4v) is 3.91. The number of carbonyl (C=O) groups is 2. The number of rotatable bonds is 11. The van der Waals surface area contributed by atoms with Gasteiger partial charge in [0, 0.05) is 24.4 Å². The maximum Gasteiger partial charge on any atom is 0.328 e. The van der Waals surface area contributed by atoms with Crippen molar-refractivity contribution in [3.05, 3.63) is 52.2 Å². The normalized spacial score (nSPS) is 11.1. The molecule has 1 amide bonds. The summed E-state index contributed by atoms with van der Waals surface area (Å²) in [5.41, 5.74) is 3.06. The van der Waals surface area contributed by atoms with E-state index in [4.69, 9.17) is 5.11 Å². The van der Waals surface area contributed by atoms with Gasteiger partial charge in [-0.05, 0) is 40.6 Å². The van der Waals surface area contributed by atoms with Gasteiger partial charge in [-0.1, -0.05) is 56.9 Å². The van der Waals surface area contributed by atoms with E-state index in [0.717, 1.165) is 40.5 Å². The molecular weight excluding hydrogens is 370 g/mol. The molecule has 0 radical (unpaired) electrons. The Labute approximate surface area is 171 Å². The number of hydrogen-bond acceptors (Lipinski definition) is 3. The zero-order valence-electron chi connectivity index (χ0n) is 16.7. The first kappa shape index (κ1) is 21.9. The molecule has 0 aliphatic carbocycles. The average Bonchev–Trinajstić information content (AvgIpc) is 3.14. The van der Waals surface area contributed by atoms with Crippen LogP contribution >= 0.6 is 11.3 Å². The van der Waals surface area contributed by atoms with E-state index in [1.165, 1.54) is 19.3 Å². The van der Waals surface area contributed by atoms with E-state index in [9.17, 15) is 9.59 Å². The lowest BCUT2D eigenvalue weighted by Crippen LogP contribution is -2.25. The number of thiophene rings is 1. The highest BCUT2D eigenvalue weighted by Crippen LogP contribution is 2.27. The number of aliphatic carboxylic acids is 1. The quantitative estimate of drug-likeness (QED) is 0.382. The molecule has 0 spiro atoms. The fraction of sp³-hybridized carbons (Fsp3) is 0.391. The molecule has 2 aromatic rings. The summed E-state index contributed by atoms with van der Waals surface area (Å²) in [7, 11) is 1.87. The van der Waals surface area contributed by atoms with Crippen LogP contribution in [0.5, 0.6) is 0 Å². The second kappa shape index (κ2) is 11.4. The lowest BCUT2D eigenvalue weighted by atomic mass is 10.1. The number of carbonyl (C=O) groups excluding carboxylic acids is 1. The van der Waals surface area contributed by atoms with Crippen molar-refractivity contribution in [2.45, 2.75) is 52.0 Å². The second-order valence-corrected chi connectivity index (χ2v) is 8.01. The van der Waals surface area contributed by atoms with E-state index < -0.39 is 5.97 Å². The highest BCUT2D eigenvalue weighted by atomic mass is 32.1. The van der Waals surface area contributed by atoms with Crippen molar-refractivity contribution in [1.29, 1.82) is 0 Å². The molecule has 0 saturated heterocycles. The summed E-state index contributed by atoms with van der Waals surface area (Å²) >= 11 is 1.66. The SMILES string of the molecule is CCCCCCCC(=O)N(C)Cc1cc(-c2ccc(/C=C/C(=O)O)cc2)cs1. The lowest BCUT2D eigenvalue weighted by Gasteiger charge is -2.16. The van der Waals surface area contributed by atoms with E-state index in [1.807, 2.05) is 36.2 Å². The Morgan fingerprint density at radius 2 is 1.79 bits per heavy atom. The number of benzene rings is 1. The number of unbranched alkanes of at least 4 members (excludes halogenated alkanes) is 4. The third kappa shape index (κ3) is 7.31. The van der Waals surface area contributed by atoms with Gasteiger partial charge < -0.3 is 10.0 Å². The number of amides is 1. The number of carboxylic acid groups (broad SMARTS) is 1. The van der Waals surface area contributed by atoms with Gasteiger partial charge in [-0.15, -0.1) is 11.3 Å². The highest BCUT2D eigenvalue weighted by Gasteiger charge is 2.11. The molecule has 1 N–H and O–H groups in total. The van der Waals surface area contributed by atoms with Crippen molar-refractivity contribution in [2.24, 2.45) is 0 Å². The summed E-state index contributed by atoms with van der Waals surface area (Å²) < 4.78 is 0. The molecule has 0 bridgehead atoms. The van der Waals surface area contributed by atoms with Gasteiger partial charge in [0.1, 0.15) is 0 Å². The molecule has 0 aliphatic heterocycles. The van der Waals surface area contributed by atoms with Crippen molar-refractivity contribution < 1.29 is 14.7 Å². The molecule has 0 aliphatic rings. The van der Waals surface area contributed by atoms with Gasteiger partial charge >= 0.3 is 5.97 Å². The van der Waals surface area contributed by atoms with E-state index in [2.05, 4.69) is 18.4 Å². The molecule has 0 atom stereocenters. The zero-order chi connectivity index (χ0) is 20.4. The van der Waals surface area contributed by atoms with E-state index in [0.29, 0.717) is 13.0 Å². The topological polar surface area (TPSA) is 57.6 Å². The Hall–Kier alpha value is -2.40. The first-order valence-electron chi connectivity index (χ1n) is 9.82. The van der Waals surface area contributed by atoms with E-state index >= 15 is 0 Å². The van der Waals surface area contributed by atoms with Crippen LogP contribution in [-0.4, -0.2) is 28.9 Å². The maximum absolute atomic E-state index is 12.3. The van der Waals surface area contributed by atoms with Crippen LogP contribution in [0, 0.1) is 0 Å². The predicted octanol–water partition coefficient (Wildman–Crippen LogP) is 5.83. The van der Waals surface area contributed by atoms with Gasteiger partial charge in [0.05, 0.1) is 6.54 Å². The minimum Gasteiger partial charge on any atom is -0.478 e. The van der Waals surface area contributed by atoms with Gasteiger partial charge in [-0.25, -0.2) is 4.79 Å². The monoisotopic (exact) mass is 399 g/mol. The molecule has 0 unspecified atom stereocenters. The molecule has 1 aromatic carbocycles. The summed E-state index contributed by atoms with van der Waals surface area (Å²) in [6, 6.07) is 9.90. The summed E-state index contributed by atoms with van der Waals surface area (Å²) in [6.45, 7) is 2.83. The summed E-state index contributed by atoms with van der Waals surface area (Å²) in [5.74, 6) is -0.743. The summed E-state index contributed by atoms with van der Waals surface area (Å²) in [4.78, 5) is 25.8. The minimum atomic E-state index is -0.953. The molecule has 0 fully saturated rings. The average molecular weight is 400 g/mol. The van der Waals surface area contributed by atoms with Gasteiger partial charge in [0.25, 0.3) is 0 Å². The fourth-order valence-electron chi connectivity index (χ4n) is 2.96. The standard InChI is InChI=1S/C23H29NO3S/c1-3-4-5-6-7-8-22(25)24(2)16-21-15-20(17-28-21)19-12-9-18(10-13-19)11-14-23(26)27/h9-15,17H,3-8,16H2,1-2H3,(H,26,27)/b14-11+. The molecular formula is C23H29NO3S. The van der Waals surface area contributed by atoms with E-state index in [-0.39, 0.29) is 5.91 Å². The van der Waals surface area contributed by atoms with Crippen LogP contribution in [0.25, 0.3) is 17.2 Å².